The first-order valence-corrected chi connectivity index (χ1v) is 12.1. The summed E-state index contributed by atoms with van der Waals surface area (Å²) in [4.78, 5) is 35.4. The SMILES string of the molecule is O=C(CCCc1nc(-c2cccnc2)no1)NC1CCC(CN2Cc3ccccc3C2=O)CC1. The number of fused-ring (bicyclic) bond motifs is 1. The van der Waals surface area contributed by atoms with Gasteiger partial charge in [-0.2, -0.15) is 4.98 Å². The molecule has 1 fully saturated rings. The molecule has 1 saturated carbocycles. The summed E-state index contributed by atoms with van der Waals surface area (Å²) in [6.07, 6.45) is 9.04. The van der Waals surface area contributed by atoms with E-state index in [4.69, 9.17) is 4.52 Å². The summed E-state index contributed by atoms with van der Waals surface area (Å²) >= 11 is 0. The van der Waals surface area contributed by atoms with Crippen LogP contribution in [0.25, 0.3) is 11.4 Å². The van der Waals surface area contributed by atoms with Gasteiger partial charge in [0.1, 0.15) is 0 Å². The van der Waals surface area contributed by atoms with Crippen LogP contribution in [-0.2, 0) is 17.8 Å². The van der Waals surface area contributed by atoms with Crippen LogP contribution in [0.5, 0.6) is 0 Å². The number of hydrogen-bond acceptors (Lipinski definition) is 6. The monoisotopic (exact) mass is 459 g/mol. The van der Waals surface area contributed by atoms with Crippen LogP contribution in [0.3, 0.4) is 0 Å². The lowest BCUT2D eigenvalue weighted by Gasteiger charge is -2.31. The Morgan fingerprint density at radius 3 is 2.76 bits per heavy atom. The van der Waals surface area contributed by atoms with Crippen molar-refractivity contribution < 1.29 is 14.1 Å². The highest BCUT2D eigenvalue weighted by atomic mass is 16.5. The van der Waals surface area contributed by atoms with E-state index in [0.29, 0.717) is 36.9 Å². The predicted octanol–water partition coefficient (Wildman–Crippen LogP) is 3.79. The van der Waals surface area contributed by atoms with E-state index in [9.17, 15) is 9.59 Å². The van der Waals surface area contributed by atoms with E-state index in [0.717, 1.165) is 55.5 Å². The molecule has 5 rings (SSSR count). The van der Waals surface area contributed by atoms with Crippen molar-refractivity contribution in [1.29, 1.82) is 0 Å². The smallest absolute Gasteiger partial charge is 0.254 e. The lowest BCUT2D eigenvalue weighted by Crippen LogP contribution is -2.39. The summed E-state index contributed by atoms with van der Waals surface area (Å²) in [7, 11) is 0. The third-order valence-electron chi connectivity index (χ3n) is 6.77. The molecule has 1 aromatic carbocycles. The number of benzene rings is 1. The van der Waals surface area contributed by atoms with Crippen LogP contribution in [0.2, 0.25) is 0 Å². The van der Waals surface area contributed by atoms with Gasteiger partial charge >= 0.3 is 0 Å². The number of aromatic nitrogens is 3. The fourth-order valence-corrected chi connectivity index (χ4v) is 4.93. The molecule has 3 aromatic rings. The summed E-state index contributed by atoms with van der Waals surface area (Å²) in [5.41, 5.74) is 2.78. The summed E-state index contributed by atoms with van der Waals surface area (Å²) in [6, 6.07) is 11.8. The van der Waals surface area contributed by atoms with Gasteiger partial charge in [-0.25, -0.2) is 0 Å². The average molecular weight is 460 g/mol. The number of amides is 2. The lowest BCUT2D eigenvalue weighted by atomic mass is 9.85. The molecule has 1 aliphatic heterocycles. The fraction of sp³-hybridized carbons (Fsp3) is 0.423. The molecule has 8 heteroatoms. The molecule has 176 valence electrons. The minimum Gasteiger partial charge on any atom is -0.353 e. The van der Waals surface area contributed by atoms with Crippen molar-refractivity contribution in [3.8, 4) is 11.4 Å². The number of pyridine rings is 1. The van der Waals surface area contributed by atoms with E-state index in [1.54, 1.807) is 12.4 Å². The molecule has 2 amide bonds. The summed E-state index contributed by atoms with van der Waals surface area (Å²) < 4.78 is 5.30. The highest BCUT2D eigenvalue weighted by Gasteiger charge is 2.30. The molecule has 0 atom stereocenters. The Bertz CT molecular complexity index is 1140. The number of nitrogens with one attached hydrogen (secondary N) is 1. The van der Waals surface area contributed by atoms with Gasteiger partial charge in [-0.15, -0.1) is 0 Å². The summed E-state index contributed by atoms with van der Waals surface area (Å²) in [5.74, 6) is 1.77. The van der Waals surface area contributed by atoms with E-state index < -0.39 is 0 Å². The fourth-order valence-electron chi connectivity index (χ4n) is 4.93. The van der Waals surface area contributed by atoms with E-state index in [1.165, 1.54) is 0 Å². The molecule has 2 aliphatic rings. The quantitative estimate of drug-likeness (QED) is 0.550. The van der Waals surface area contributed by atoms with Crippen molar-refractivity contribution in [3.63, 3.8) is 0 Å². The van der Waals surface area contributed by atoms with Crippen LogP contribution < -0.4 is 5.32 Å². The molecule has 0 bridgehead atoms. The number of carbonyl (C=O) groups is 2. The number of aryl methyl sites for hydroxylation is 1. The molecule has 1 N–H and O–H groups in total. The first-order chi connectivity index (χ1) is 16.7. The topological polar surface area (TPSA) is 101 Å². The number of hydrogen-bond donors (Lipinski definition) is 1. The third kappa shape index (κ3) is 5.16. The van der Waals surface area contributed by atoms with E-state index in [2.05, 4.69) is 20.4 Å². The zero-order valence-electron chi connectivity index (χ0n) is 19.2. The van der Waals surface area contributed by atoms with Gasteiger partial charge in [-0.05, 0) is 61.8 Å². The molecule has 0 spiro atoms. The minimum absolute atomic E-state index is 0.0700. The van der Waals surface area contributed by atoms with Gasteiger partial charge in [-0.1, -0.05) is 23.4 Å². The zero-order chi connectivity index (χ0) is 23.3. The van der Waals surface area contributed by atoms with Crippen LogP contribution in [0.1, 0.15) is 60.3 Å². The maximum atomic E-state index is 12.6. The van der Waals surface area contributed by atoms with Gasteiger partial charge in [0, 0.05) is 55.5 Å². The summed E-state index contributed by atoms with van der Waals surface area (Å²) in [6.45, 7) is 1.52. The molecular formula is C26H29N5O3. The normalized spacial score (nSPS) is 19.8. The number of carbonyl (C=O) groups excluding carboxylic acids is 2. The molecule has 1 aliphatic carbocycles. The van der Waals surface area contributed by atoms with Gasteiger partial charge < -0.3 is 14.7 Å². The Morgan fingerprint density at radius 2 is 1.97 bits per heavy atom. The molecule has 0 saturated heterocycles. The second-order valence-electron chi connectivity index (χ2n) is 9.23. The Morgan fingerprint density at radius 1 is 1.12 bits per heavy atom. The van der Waals surface area contributed by atoms with Crippen molar-refractivity contribution in [1.82, 2.24) is 25.3 Å². The standard InChI is InChI=1S/C26H29N5O3/c32-23(8-3-9-24-29-25(30-34-24)19-6-4-14-27-15-19)28-21-12-10-18(11-13-21)16-31-17-20-5-1-2-7-22(20)26(31)33/h1-2,4-7,14-15,18,21H,3,8-13,16-17H2,(H,28,32). The van der Waals surface area contributed by atoms with E-state index in [1.807, 2.05) is 41.3 Å². The zero-order valence-corrected chi connectivity index (χ0v) is 19.2. The van der Waals surface area contributed by atoms with Crippen LogP contribution in [0, 0.1) is 5.92 Å². The van der Waals surface area contributed by atoms with Gasteiger partial charge in [0.2, 0.25) is 17.6 Å². The van der Waals surface area contributed by atoms with Gasteiger partial charge in [0.15, 0.2) is 0 Å². The largest absolute Gasteiger partial charge is 0.353 e. The highest BCUT2D eigenvalue weighted by Crippen LogP contribution is 2.29. The molecule has 34 heavy (non-hydrogen) atoms. The van der Waals surface area contributed by atoms with Gasteiger partial charge in [0.25, 0.3) is 5.91 Å². The average Bonchev–Trinajstić information content (AvgIpc) is 3.46. The Kier molecular flexibility index (Phi) is 6.65. The van der Waals surface area contributed by atoms with Gasteiger partial charge in [0.05, 0.1) is 0 Å². The van der Waals surface area contributed by atoms with Crippen LogP contribution in [0.4, 0.5) is 0 Å². The first-order valence-electron chi connectivity index (χ1n) is 12.1. The molecule has 2 aromatic heterocycles. The maximum absolute atomic E-state index is 12.6. The lowest BCUT2D eigenvalue weighted by molar-refractivity contribution is -0.122. The molecule has 3 heterocycles. The Hall–Kier alpha value is -3.55. The van der Waals surface area contributed by atoms with Crippen LogP contribution >= 0.6 is 0 Å². The minimum atomic E-state index is 0.0700. The van der Waals surface area contributed by atoms with Crippen molar-refractivity contribution in [3.05, 3.63) is 65.8 Å². The van der Waals surface area contributed by atoms with Crippen LogP contribution in [0.15, 0.2) is 53.3 Å². The maximum Gasteiger partial charge on any atom is 0.254 e. The molecule has 8 nitrogen and oxygen atoms in total. The predicted molar refractivity (Wildman–Crippen MR) is 126 cm³/mol. The van der Waals surface area contributed by atoms with E-state index in [-0.39, 0.29) is 17.9 Å². The second kappa shape index (κ2) is 10.2. The molecule has 0 radical (unpaired) electrons. The van der Waals surface area contributed by atoms with Gasteiger partial charge in [-0.3, -0.25) is 14.6 Å². The third-order valence-corrected chi connectivity index (χ3v) is 6.77. The molecular weight excluding hydrogens is 430 g/mol. The van der Waals surface area contributed by atoms with Crippen molar-refractivity contribution in [2.45, 2.75) is 57.5 Å². The van der Waals surface area contributed by atoms with Crippen LogP contribution in [-0.4, -0.2) is 44.4 Å². The highest BCUT2D eigenvalue weighted by molar-refractivity contribution is 5.98. The van der Waals surface area contributed by atoms with Crippen molar-refractivity contribution in [2.24, 2.45) is 5.92 Å². The second-order valence-corrected chi connectivity index (χ2v) is 9.23. The summed E-state index contributed by atoms with van der Waals surface area (Å²) in [5, 5.41) is 7.17. The number of nitrogens with zero attached hydrogens (tertiary/aromatic N) is 4. The Balaban J connectivity index is 1.00. The number of rotatable bonds is 8. The Labute approximate surface area is 198 Å². The molecule has 0 unspecified atom stereocenters. The first kappa shape index (κ1) is 22.3. The van der Waals surface area contributed by atoms with Crippen molar-refractivity contribution >= 4 is 11.8 Å². The van der Waals surface area contributed by atoms with Crippen molar-refractivity contribution in [2.75, 3.05) is 6.54 Å². The van der Waals surface area contributed by atoms with E-state index >= 15 is 0 Å².